The first kappa shape index (κ1) is 27.1. The second-order valence-electron chi connectivity index (χ2n) is 12.6. The summed E-state index contributed by atoms with van der Waals surface area (Å²) in [7, 11) is 0. The molecule has 3 aromatic heterocycles. The molecule has 0 unspecified atom stereocenters. The third kappa shape index (κ3) is 3.84. The van der Waals surface area contributed by atoms with Crippen molar-refractivity contribution in [1.29, 1.82) is 0 Å². The lowest BCUT2D eigenvalue weighted by Gasteiger charge is -2.20. The summed E-state index contributed by atoms with van der Waals surface area (Å²) in [4.78, 5) is 10.6. The fraction of sp³-hybridized carbons (Fsp3) is 0. The second-order valence-corrected chi connectivity index (χ2v) is 12.6. The van der Waals surface area contributed by atoms with Gasteiger partial charge in [0.1, 0.15) is 0 Å². The van der Waals surface area contributed by atoms with Gasteiger partial charge in [0.05, 0.1) is 33.3 Å². The standard InChI is InChI=1S/C44H26N4O2/c1-3-13-27(14-4-1)42-31-18-7-9-19-33(31)45-44(46-42)48-34-20-10-8-17-29(34)30-23-24-35-41(43(30)48)32-25-39-40(50-38-22-12-11-21-37(38)49-39)26-36(32)47(35)28-15-5-2-6-16-28/h1-26H. The fourth-order valence-electron chi connectivity index (χ4n) is 7.62. The van der Waals surface area contributed by atoms with Crippen LogP contribution in [0.2, 0.25) is 0 Å². The zero-order valence-corrected chi connectivity index (χ0v) is 26.6. The molecule has 6 nitrogen and oxygen atoms in total. The number of hydrogen-bond donors (Lipinski definition) is 0. The van der Waals surface area contributed by atoms with E-state index in [-0.39, 0.29) is 0 Å². The van der Waals surface area contributed by atoms with Crippen LogP contribution in [0.3, 0.4) is 0 Å². The van der Waals surface area contributed by atoms with E-state index in [2.05, 4.69) is 118 Å². The molecule has 1 aliphatic heterocycles. The topological polar surface area (TPSA) is 54.1 Å². The highest BCUT2D eigenvalue weighted by Gasteiger charge is 2.26. The van der Waals surface area contributed by atoms with Crippen LogP contribution in [0.25, 0.3) is 77.4 Å². The zero-order valence-electron chi connectivity index (χ0n) is 26.6. The van der Waals surface area contributed by atoms with Crippen LogP contribution in [0, 0.1) is 0 Å². The van der Waals surface area contributed by atoms with E-state index in [1.54, 1.807) is 0 Å². The molecule has 0 saturated heterocycles. The van der Waals surface area contributed by atoms with E-state index in [1.807, 2.05) is 48.5 Å². The summed E-state index contributed by atoms with van der Waals surface area (Å²) in [6.45, 7) is 0. The fourth-order valence-corrected chi connectivity index (χ4v) is 7.62. The number of aromatic nitrogens is 4. The molecular weight excluding hydrogens is 617 g/mol. The predicted octanol–water partition coefficient (Wildman–Crippen LogP) is 11.4. The third-order valence-corrected chi connectivity index (χ3v) is 9.77. The van der Waals surface area contributed by atoms with Gasteiger partial charge in [-0.3, -0.25) is 4.57 Å². The smallest absolute Gasteiger partial charge is 0.235 e. The summed E-state index contributed by atoms with van der Waals surface area (Å²) in [6.07, 6.45) is 0. The van der Waals surface area contributed by atoms with Gasteiger partial charge < -0.3 is 14.0 Å². The molecule has 0 spiro atoms. The van der Waals surface area contributed by atoms with Gasteiger partial charge in [0.15, 0.2) is 23.0 Å². The highest BCUT2D eigenvalue weighted by Crippen LogP contribution is 2.50. The Labute approximate surface area is 286 Å². The van der Waals surface area contributed by atoms with Crippen LogP contribution in [0.5, 0.6) is 23.0 Å². The van der Waals surface area contributed by atoms with Crippen LogP contribution < -0.4 is 9.47 Å². The SMILES string of the molecule is c1ccc(-c2nc(-n3c4ccccc4c4ccc5c(c6cc7c(cc6n5-c5ccccc5)Oc5ccccc5O7)c43)nc3ccccc23)cc1. The summed E-state index contributed by atoms with van der Waals surface area (Å²) in [5.41, 5.74) is 8.04. The maximum Gasteiger partial charge on any atom is 0.235 e. The monoisotopic (exact) mass is 642 g/mol. The molecule has 4 heterocycles. The molecule has 6 heteroatoms. The van der Waals surface area contributed by atoms with Crippen molar-refractivity contribution in [3.8, 4) is 45.9 Å². The van der Waals surface area contributed by atoms with Crippen molar-refractivity contribution < 1.29 is 9.47 Å². The Bertz CT molecular complexity index is 2980. The molecule has 0 radical (unpaired) electrons. The number of ether oxygens (including phenoxy) is 2. The Morgan fingerprint density at radius 1 is 0.420 bits per heavy atom. The Hall–Kier alpha value is -6.92. The van der Waals surface area contributed by atoms with Crippen molar-refractivity contribution in [3.05, 3.63) is 158 Å². The number of rotatable bonds is 3. The van der Waals surface area contributed by atoms with E-state index in [9.17, 15) is 0 Å². The molecule has 0 bridgehead atoms. The first-order valence-electron chi connectivity index (χ1n) is 16.7. The molecule has 0 saturated carbocycles. The number of para-hydroxylation sites is 5. The summed E-state index contributed by atoms with van der Waals surface area (Å²) >= 11 is 0. The minimum atomic E-state index is 0.619. The van der Waals surface area contributed by atoms with E-state index >= 15 is 0 Å². The normalized spacial score (nSPS) is 12.3. The van der Waals surface area contributed by atoms with E-state index in [1.165, 1.54) is 0 Å². The van der Waals surface area contributed by atoms with E-state index < -0.39 is 0 Å². The predicted molar refractivity (Wildman–Crippen MR) is 200 cm³/mol. The number of hydrogen-bond acceptors (Lipinski definition) is 4. The molecule has 0 amide bonds. The minimum Gasteiger partial charge on any atom is -0.449 e. The first-order chi connectivity index (χ1) is 24.8. The number of benzene rings is 7. The minimum absolute atomic E-state index is 0.619. The van der Waals surface area contributed by atoms with Gasteiger partial charge in [-0.1, -0.05) is 103 Å². The molecule has 234 valence electrons. The Kier molecular flexibility index (Phi) is 5.57. The number of nitrogens with zero attached hydrogens (tertiary/aromatic N) is 4. The van der Waals surface area contributed by atoms with Gasteiger partial charge in [-0.25, -0.2) is 9.97 Å². The highest BCUT2D eigenvalue weighted by atomic mass is 16.6. The lowest BCUT2D eigenvalue weighted by molar-refractivity contribution is 0.360. The summed E-state index contributed by atoms with van der Waals surface area (Å²) in [6, 6.07) is 54.1. The van der Waals surface area contributed by atoms with Gasteiger partial charge in [0, 0.05) is 44.2 Å². The van der Waals surface area contributed by atoms with Crippen LogP contribution in [0.1, 0.15) is 0 Å². The van der Waals surface area contributed by atoms with Gasteiger partial charge in [0.25, 0.3) is 0 Å². The largest absolute Gasteiger partial charge is 0.449 e. The molecule has 10 aromatic rings. The first-order valence-corrected chi connectivity index (χ1v) is 16.7. The Balaban J connectivity index is 1.30. The maximum absolute atomic E-state index is 6.48. The van der Waals surface area contributed by atoms with Crippen molar-refractivity contribution in [2.45, 2.75) is 0 Å². The average molecular weight is 643 g/mol. The Morgan fingerprint density at radius 3 is 1.88 bits per heavy atom. The van der Waals surface area contributed by atoms with Crippen molar-refractivity contribution >= 4 is 54.5 Å². The molecule has 50 heavy (non-hydrogen) atoms. The van der Waals surface area contributed by atoms with E-state index in [4.69, 9.17) is 19.4 Å². The summed E-state index contributed by atoms with van der Waals surface area (Å²) in [5, 5.41) is 5.40. The molecule has 1 aliphatic rings. The molecule has 0 aliphatic carbocycles. The van der Waals surface area contributed by atoms with Gasteiger partial charge in [0.2, 0.25) is 5.95 Å². The third-order valence-electron chi connectivity index (χ3n) is 9.77. The van der Waals surface area contributed by atoms with Crippen molar-refractivity contribution in [1.82, 2.24) is 19.1 Å². The average Bonchev–Trinajstić information content (AvgIpc) is 3.68. The van der Waals surface area contributed by atoms with Crippen molar-refractivity contribution in [3.63, 3.8) is 0 Å². The molecule has 11 rings (SSSR count). The Morgan fingerprint density at radius 2 is 1.08 bits per heavy atom. The maximum atomic E-state index is 6.48. The highest BCUT2D eigenvalue weighted by molar-refractivity contribution is 6.26. The van der Waals surface area contributed by atoms with Crippen molar-refractivity contribution in [2.75, 3.05) is 0 Å². The molecule has 0 atom stereocenters. The molecule has 0 N–H and O–H groups in total. The molecule has 0 fully saturated rings. The van der Waals surface area contributed by atoms with Crippen molar-refractivity contribution in [2.24, 2.45) is 0 Å². The van der Waals surface area contributed by atoms with E-state index in [0.29, 0.717) is 28.9 Å². The number of fused-ring (bicyclic) bond motifs is 10. The van der Waals surface area contributed by atoms with Crippen LogP contribution in [-0.2, 0) is 0 Å². The summed E-state index contributed by atoms with van der Waals surface area (Å²) < 4.78 is 17.5. The van der Waals surface area contributed by atoms with Gasteiger partial charge in [-0.15, -0.1) is 0 Å². The van der Waals surface area contributed by atoms with Crippen LogP contribution in [0.15, 0.2) is 158 Å². The lowest BCUT2D eigenvalue weighted by Crippen LogP contribution is -2.03. The van der Waals surface area contributed by atoms with Crippen LogP contribution >= 0.6 is 0 Å². The summed E-state index contributed by atoms with van der Waals surface area (Å²) in [5.74, 6) is 3.37. The van der Waals surface area contributed by atoms with Crippen LogP contribution in [-0.4, -0.2) is 19.1 Å². The van der Waals surface area contributed by atoms with E-state index in [0.717, 1.165) is 71.5 Å². The molecule has 7 aromatic carbocycles. The lowest BCUT2D eigenvalue weighted by atomic mass is 10.1. The van der Waals surface area contributed by atoms with Gasteiger partial charge in [-0.2, -0.15) is 0 Å². The van der Waals surface area contributed by atoms with Gasteiger partial charge >= 0.3 is 0 Å². The molecular formula is C44H26N4O2. The van der Waals surface area contributed by atoms with Gasteiger partial charge in [-0.05, 0) is 48.5 Å². The quantitative estimate of drug-likeness (QED) is 0.192. The van der Waals surface area contributed by atoms with Crippen LogP contribution in [0.4, 0.5) is 0 Å². The second kappa shape index (κ2) is 10.3. The zero-order chi connectivity index (χ0) is 32.8.